The van der Waals surface area contributed by atoms with Crippen molar-refractivity contribution in [3.05, 3.63) is 40.9 Å². The summed E-state index contributed by atoms with van der Waals surface area (Å²) in [6.45, 7) is 4.13. The summed E-state index contributed by atoms with van der Waals surface area (Å²) in [4.78, 5) is 0. The van der Waals surface area contributed by atoms with E-state index in [2.05, 4.69) is 34.9 Å². The van der Waals surface area contributed by atoms with E-state index >= 15 is 0 Å². The molecule has 1 heterocycles. The molecule has 0 spiro atoms. The van der Waals surface area contributed by atoms with Gasteiger partial charge < -0.3 is 4.52 Å². The Morgan fingerprint density at radius 2 is 2.15 bits per heavy atom. The SMILES string of the molecule is CC(C)c1cccc(F)c1-c1noc(C2CC2)c1CBr. The van der Waals surface area contributed by atoms with Crippen LogP contribution in [0.1, 0.15) is 55.4 Å². The fraction of sp³-hybridized carbons (Fsp3) is 0.438. The Hall–Kier alpha value is -1.16. The van der Waals surface area contributed by atoms with Crippen molar-refractivity contribution in [3.8, 4) is 11.3 Å². The van der Waals surface area contributed by atoms with Crippen molar-refractivity contribution in [1.29, 1.82) is 0 Å². The fourth-order valence-electron chi connectivity index (χ4n) is 2.59. The summed E-state index contributed by atoms with van der Waals surface area (Å²) in [6.07, 6.45) is 2.28. The highest BCUT2D eigenvalue weighted by atomic mass is 79.9. The van der Waals surface area contributed by atoms with Gasteiger partial charge in [0.05, 0.1) is 0 Å². The zero-order valence-corrected chi connectivity index (χ0v) is 13.2. The molecule has 1 aliphatic rings. The van der Waals surface area contributed by atoms with Crippen LogP contribution in [-0.2, 0) is 5.33 Å². The summed E-state index contributed by atoms with van der Waals surface area (Å²) in [6, 6.07) is 5.21. The molecule has 20 heavy (non-hydrogen) atoms. The maximum atomic E-state index is 14.3. The van der Waals surface area contributed by atoms with E-state index in [1.165, 1.54) is 6.07 Å². The zero-order chi connectivity index (χ0) is 14.3. The van der Waals surface area contributed by atoms with E-state index in [-0.39, 0.29) is 11.7 Å². The van der Waals surface area contributed by atoms with E-state index in [9.17, 15) is 4.39 Å². The standard InChI is InChI=1S/C16H17BrFNO/c1-9(2)11-4-3-5-13(18)14(11)15-12(8-17)16(20-19-15)10-6-7-10/h3-5,9-10H,6-8H2,1-2H3. The van der Waals surface area contributed by atoms with Gasteiger partial charge in [-0.25, -0.2) is 4.39 Å². The number of benzene rings is 1. The highest BCUT2D eigenvalue weighted by Gasteiger charge is 2.33. The minimum atomic E-state index is -0.228. The third-order valence-corrected chi connectivity index (χ3v) is 4.37. The van der Waals surface area contributed by atoms with Crippen LogP contribution in [0.25, 0.3) is 11.3 Å². The summed E-state index contributed by atoms with van der Waals surface area (Å²) in [5, 5.41) is 4.82. The lowest BCUT2D eigenvalue weighted by atomic mass is 9.93. The van der Waals surface area contributed by atoms with Crippen LogP contribution in [-0.4, -0.2) is 5.16 Å². The number of aromatic nitrogens is 1. The first kappa shape index (κ1) is 13.8. The predicted molar refractivity (Wildman–Crippen MR) is 80.6 cm³/mol. The fourth-order valence-corrected chi connectivity index (χ4v) is 3.13. The molecule has 0 N–H and O–H groups in total. The van der Waals surface area contributed by atoms with Gasteiger partial charge in [-0.3, -0.25) is 0 Å². The minimum absolute atomic E-state index is 0.228. The zero-order valence-electron chi connectivity index (χ0n) is 11.6. The molecule has 0 amide bonds. The molecular formula is C16H17BrFNO. The van der Waals surface area contributed by atoms with Crippen molar-refractivity contribution < 1.29 is 8.91 Å². The predicted octanol–water partition coefficient (Wildman–Crippen LogP) is 5.38. The van der Waals surface area contributed by atoms with Gasteiger partial charge in [0.25, 0.3) is 0 Å². The molecule has 0 radical (unpaired) electrons. The second kappa shape index (κ2) is 5.32. The van der Waals surface area contributed by atoms with Gasteiger partial charge in [0.1, 0.15) is 17.3 Å². The van der Waals surface area contributed by atoms with Gasteiger partial charge in [0, 0.05) is 22.4 Å². The molecule has 0 unspecified atom stereocenters. The molecule has 1 aromatic carbocycles. The Morgan fingerprint density at radius 3 is 2.75 bits per heavy atom. The number of hydrogen-bond donors (Lipinski definition) is 0. The van der Waals surface area contributed by atoms with E-state index in [0.717, 1.165) is 29.7 Å². The molecule has 3 rings (SSSR count). The summed E-state index contributed by atoms with van der Waals surface area (Å²) in [5.74, 6) is 1.41. The average Bonchev–Trinajstić information content (AvgIpc) is 3.18. The molecular weight excluding hydrogens is 321 g/mol. The number of alkyl halides is 1. The maximum Gasteiger partial charge on any atom is 0.144 e. The summed E-state index contributed by atoms with van der Waals surface area (Å²) >= 11 is 3.50. The van der Waals surface area contributed by atoms with E-state index in [0.29, 0.717) is 22.5 Å². The Labute approximate surface area is 126 Å². The van der Waals surface area contributed by atoms with Crippen molar-refractivity contribution in [3.63, 3.8) is 0 Å². The minimum Gasteiger partial charge on any atom is -0.360 e. The number of hydrogen-bond acceptors (Lipinski definition) is 2. The van der Waals surface area contributed by atoms with Crippen LogP contribution >= 0.6 is 15.9 Å². The molecule has 1 aromatic heterocycles. The molecule has 1 aliphatic carbocycles. The first-order chi connectivity index (χ1) is 9.63. The smallest absolute Gasteiger partial charge is 0.144 e. The van der Waals surface area contributed by atoms with Crippen molar-refractivity contribution in [2.45, 2.75) is 43.9 Å². The van der Waals surface area contributed by atoms with Gasteiger partial charge in [-0.05, 0) is 30.4 Å². The monoisotopic (exact) mass is 337 g/mol. The molecule has 1 fully saturated rings. The Kier molecular flexibility index (Phi) is 3.67. The van der Waals surface area contributed by atoms with Gasteiger partial charge in [-0.2, -0.15) is 0 Å². The van der Waals surface area contributed by atoms with Gasteiger partial charge in [0.2, 0.25) is 0 Å². The van der Waals surface area contributed by atoms with E-state index in [4.69, 9.17) is 4.52 Å². The lowest BCUT2D eigenvalue weighted by molar-refractivity contribution is 0.385. The lowest BCUT2D eigenvalue weighted by Crippen LogP contribution is -1.98. The van der Waals surface area contributed by atoms with Gasteiger partial charge >= 0.3 is 0 Å². The molecule has 2 aromatic rings. The normalized spacial score (nSPS) is 15.1. The second-order valence-corrected chi connectivity index (χ2v) is 6.20. The van der Waals surface area contributed by atoms with Gasteiger partial charge in [0.15, 0.2) is 0 Å². The molecule has 0 aliphatic heterocycles. The van der Waals surface area contributed by atoms with E-state index in [1.807, 2.05) is 6.07 Å². The first-order valence-electron chi connectivity index (χ1n) is 6.96. The number of nitrogens with zero attached hydrogens (tertiary/aromatic N) is 1. The van der Waals surface area contributed by atoms with Crippen LogP contribution < -0.4 is 0 Å². The summed E-state index contributed by atoms with van der Waals surface area (Å²) < 4.78 is 19.8. The van der Waals surface area contributed by atoms with Crippen LogP contribution in [0, 0.1) is 5.82 Å². The quantitative estimate of drug-likeness (QED) is 0.700. The van der Waals surface area contributed by atoms with Crippen LogP contribution in [0.5, 0.6) is 0 Å². The first-order valence-corrected chi connectivity index (χ1v) is 8.08. The van der Waals surface area contributed by atoms with Crippen molar-refractivity contribution in [2.75, 3.05) is 0 Å². The molecule has 0 bridgehead atoms. The maximum absolute atomic E-state index is 14.3. The molecule has 2 nitrogen and oxygen atoms in total. The molecule has 106 valence electrons. The van der Waals surface area contributed by atoms with Crippen molar-refractivity contribution in [2.24, 2.45) is 0 Å². The third kappa shape index (κ3) is 2.30. The van der Waals surface area contributed by atoms with Gasteiger partial charge in [-0.1, -0.05) is 47.1 Å². The Bertz CT molecular complexity index is 631. The third-order valence-electron chi connectivity index (χ3n) is 3.80. The van der Waals surface area contributed by atoms with Crippen LogP contribution in [0.15, 0.2) is 22.7 Å². The van der Waals surface area contributed by atoms with Crippen LogP contribution in [0.2, 0.25) is 0 Å². The van der Waals surface area contributed by atoms with Gasteiger partial charge in [-0.15, -0.1) is 0 Å². The molecule has 4 heteroatoms. The number of rotatable bonds is 4. The highest BCUT2D eigenvalue weighted by molar-refractivity contribution is 9.08. The largest absolute Gasteiger partial charge is 0.360 e. The lowest BCUT2D eigenvalue weighted by Gasteiger charge is -2.12. The average molecular weight is 338 g/mol. The Balaban J connectivity index is 2.18. The molecule has 1 saturated carbocycles. The van der Waals surface area contributed by atoms with E-state index in [1.54, 1.807) is 6.07 Å². The summed E-state index contributed by atoms with van der Waals surface area (Å²) in [5.41, 5.74) is 3.22. The van der Waals surface area contributed by atoms with Crippen molar-refractivity contribution in [1.82, 2.24) is 5.16 Å². The van der Waals surface area contributed by atoms with Crippen molar-refractivity contribution >= 4 is 15.9 Å². The topological polar surface area (TPSA) is 26.0 Å². The van der Waals surface area contributed by atoms with Crippen LogP contribution in [0.3, 0.4) is 0 Å². The van der Waals surface area contributed by atoms with E-state index < -0.39 is 0 Å². The molecule has 0 atom stereocenters. The van der Waals surface area contributed by atoms with Crippen LogP contribution in [0.4, 0.5) is 4.39 Å². The number of halogens is 2. The Morgan fingerprint density at radius 1 is 1.40 bits per heavy atom. The summed E-state index contributed by atoms with van der Waals surface area (Å²) in [7, 11) is 0. The highest BCUT2D eigenvalue weighted by Crippen LogP contribution is 2.45. The second-order valence-electron chi connectivity index (χ2n) is 5.64. The molecule has 0 saturated heterocycles.